The highest BCUT2D eigenvalue weighted by Crippen LogP contribution is 2.33. The molecule has 1 atom stereocenters. The summed E-state index contributed by atoms with van der Waals surface area (Å²) in [5.41, 5.74) is 1.70. The molecule has 2 rings (SSSR count). The molecule has 33 heavy (non-hydrogen) atoms. The van der Waals surface area contributed by atoms with Gasteiger partial charge in [-0.2, -0.15) is 0 Å². The molecule has 2 aromatic rings. The Hall–Kier alpha value is -2.63. The first-order valence-electron chi connectivity index (χ1n) is 9.94. The Morgan fingerprint density at radius 2 is 1.70 bits per heavy atom. The van der Waals surface area contributed by atoms with E-state index in [0.29, 0.717) is 32.8 Å². The van der Waals surface area contributed by atoms with E-state index in [1.807, 2.05) is 0 Å². The van der Waals surface area contributed by atoms with E-state index in [-0.39, 0.29) is 17.2 Å². The molecule has 11 heteroatoms. The van der Waals surface area contributed by atoms with Crippen LogP contribution in [-0.4, -0.2) is 58.9 Å². The van der Waals surface area contributed by atoms with E-state index in [0.717, 1.165) is 4.31 Å². The largest absolute Gasteiger partial charge is 0.493 e. The van der Waals surface area contributed by atoms with Gasteiger partial charge in [-0.25, -0.2) is 12.7 Å². The van der Waals surface area contributed by atoms with Crippen LogP contribution in [0.2, 0.25) is 0 Å². The Balaban J connectivity index is 2.10. The lowest BCUT2D eigenvalue weighted by molar-refractivity contribution is -0.125. The minimum absolute atomic E-state index is 0.00808. The molecule has 0 aliphatic heterocycles. The third kappa shape index (κ3) is 6.46. The van der Waals surface area contributed by atoms with Gasteiger partial charge >= 0.3 is 0 Å². The quantitative estimate of drug-likeness (QED) is 0.504. The zero-order chi connectivity index (χ0) is 24.9. The first kappa shape index (κ1) is 26.6. The molecule has 0 aromatic heterocycles. The normalized spacial score (nSPS) is 12.2. The van der Waals surface area contributed by atoms with Crippen LogP contribution in [0.25, 0.3) is 0 Å². The maximum atomic E-state index is 12.7. The van der Waals surface area contributed by atoms with Crippen molar-refractivity contribution in [3.63, 3.8) is 0 Å². The summed E-state index contributed by atoms with van der Waals surface area (Å²) in [5, 5.41) is 5.35. The van der Waals surface area contributed by atoms with Crippen molar-refractivity contribution in [2.45, 2.75) is 31.2 Å². The third-order valence-electron chi connectivity index (χ3n) is 4.92. The standard InChI is InChI=1S/C22H28BrN3O6S/c1-13-7-8-16(33(29,30)26(3)4)11-18(13)25-22(28)14(2)24-21(27)10-15-9-19(31-5)20(32-6)12-17(15)23/h7-9,11-12,14H,10H2,1-6H3,(H,24,27)(H,25,28). The van der Waals surface area contributed by atoms with Gasteiger partial charge < -0.3 is 20.1 Å². The first-order chi connectivity index (χ1) is 15.4. The molecular weight excluding hydrogens is 514 g/mol. The molecular formula is C22H28BrN3O6S. The van der Waals surface area contributed by atoms with Crippen LogP contribution in [0.3, 0.4) is 0 Å². The third-order valence-corrected chi connectivity index (χ3v) is 7.47. The predicted molar refractivity (Wildman–Crippen MR) is 129 cm³/mol. The highest BCUT2D eigenvalue weighted by molar-refractivity contribution is 9.10. The lowest BCUT2D eigenvalue weighted by atomic mass is 10.1. The SMILES string of the molecule is COc1cc(Br)c(CC(=O)NC(C)C(=O)Nc2cc(S(=O)(=O)N(C)C)ccc2C)cc1OC. The van der Waals surface area contributed by atoms with Gasteiger partial charge in [-0.05, 0) is 49.2 Å². The molecule has 0 fully saturated rings. The fourth-order valence-corrected chi connectivity index (χ4v) is 4.30. The molecule has 2 N–H and O–H groups in total. The van der Waals surface area contributed by atoms with E-state index in [1.165, 1.54) is 40.4 Å². The van der Waals surface area contributed by atoms with Crippen molar-refractivity contribution >= 4 is 43.5 Å². The lowest BCUT2D eigenvalue weighted by Crippen LogP contribution is -2.42. The fourth-order valence-electron chi connectivity index (χ4n) is 2.91. The van der Waals surface area contributed by atoms with E-state index in [2.05, 4.69) is 26.6 Å². The topological polar surface area (TPSA) is 114 Å². The molecule has 0 radical (unpaired) electrons. The highest BCUT2D eigenvalue weighted by atomic mass is 79.9. The number of halogens is 1. The molecule has 2 amide bonds. The van der Waals surface area contributed by atoms with Gasteiger partial charge in [0.2, 0.25) is 21.8 Å². The van der Waals surface area contributed by atoms with Crippen LogP contribution in [-0.2, 0) is 26.0 Å². The van der Waals surface area contributed by atoms with Gasteiger partial charge in [-0.15, -0.1) is 0 Å². The Morgan fingerprint density at radius 1 is 1.09 bits per heavy atom. The van der Waals surface area contributed by atoms with E-state index in [1.54, 1.807) is 32.0 Å². The van der Waals surface area contributed by atoms with E-state index in [4.69, 9.17) is 9.47 Å². The van der Waals surface area contributed by atoms with Gasteiger partial charge in [0.25, 0.3) is 0 Å². The molecule has 0 aliphatic rings. The second kappa shape index (κ2) is 11.0. The van der Waals surface area contributed by atoms with Crippen LogP contribution >= 0.6 is 15.9 Å². The summed E-state index contributed by atoms with van der Waals surface area (Å²) >= 11 is 3.41. The number of nitrogens with one attached hydrogen (secondary N) is 2. The van der Waals surface area contributed by atoms with Gasteiger partial charge in [-0.1, -0.05) is 22.0 Å². The Morgan fingerprint density at radius 3 is 2.27 bits per heavy atom. The van der Waals surface area contributed by atoms with Gasteiger partial charge in [0.05, 0.1) is 25.5 Å². The zero-order valence-electron chi connectivity index (χ0n) is 19.4. The average Bonchev–Trinajstić information content (AvgIpc) is 2.75. The van der Waals surface area contributed by atoms with E-state index in [9.17, 15) is 18.0 Å². The Bertz CT molecular complexity index is 1150. The van der Waals surface area contributed by atoms with Crippen molar-refractivity contribution in [2.24, 2.45) is 0 Å². The molecule has 180 valence electrons. The minimum Gasteiger partial charge on any atom is -0.493 e. The molecule has 0 spiro atoms. The van der Waals surface area contributed by atoms with Crippen molar-refractivity contribution in [3.8, 4) is 11.5 Å². The summed E-state index contributed by atoms with van der Waals surface area (Å²) in [6, 6.07) is 7.03. The number of carbonyl (C=O) groups excluding carboxylic acids is 2. The molecule has 0 heterocycles. The number of hydrogen-bond donors (Lipinski definition) is 2. The summed E-state index contributed by atoms with van der Waals surface area (Å²) in [6.07, 6.45) is 0.00808. The number of methoxy groups -OCH3 is 2. The van der Waals surface area contributed by atoms with Crippen molar-refractivity contribution < 1.29 is 27.5 Å². The van der Waals surface area contributed by atoms with E-state index >= 15 is 0 Å². The van der Waals surface area contributed by atoms with Gasteiger partial charge in [-0.3, -0.25) is 9.59 Å². The highest BCUT2D eigenvalue weighted by Gasteiger charge is 2.21. The van der Waals surface area contributed by atoms with Crippen LogP contribution in [0.15, 0.2) is 39.7 Å². The number of carbonyl (C=O) groups is 2. The van der Waals surface area contributed by atoms with Crippen LogP contribution in [0.1, 0.15) is 18.1 Å². The molecule has 0 saturated carbocycles. The summed E-state index contributed by atoms with van der Waals surface area (Å²) in [7, 11) is 2.23. The van der Waals surface area contributed by atoms with Crippen LogP contribution in [0.4, 0.5) is 5.69 Å². The monoisotopic (exact) mass is 541 g/mol. The first-order valence-corrected chi connectivity index (χ1v) is 12.2. The molecule has 0 aliphatic carbocycles. The number of sulfonamides is 1. The molecule has 1 unspecified atom stereocenters. The number of aryl methyl sites for hydroxylation is 1. The maximum absolute atomic E-state index is 12.7. The number of amides is 2. The second-order valence-corrected chi connectivity index (χ2v) is 10.5. The van der Waals surface area contributed by atoms with Crippen LogP contribution in [0, 0.1) is 6.92 Å². The smallest absolute Gasteiger partial charge is 0.246 e. The molecule has 0 bridgehead atoms. The number of benzene rings is 2. The predicted octanol–water partition coefficient (Wildman–Crippen LogP) is 2.71. The lowest BCUT2D eigenvalue weighted by Gasteiger charge is -2.17. The van der Waals surface area contributed by atoms with Crippen molar-refractivity contribution in [2.75, 3.05) is 33.6 Å². The van der Waals surface area contributed by atoms with E-state index < -0.39 is 22.0 Å². The fraction of sp³-hybridized carbons (Fsp3) is 0.364. The van der Waals surface area contributed by atoms with Crippen molar-refractivity contribution in [1.82, 2.24) is 9.62 Å². The number of rotatable bonds is 9. The molecule has 0 saturated heterocycles. The Kier molecular flexibility index (Phi) is 8.87. The molecule has 9 nitrogen and oxygen atoms in total. The van der Waals surface area contributed by atoms with Gasteiger partial charge in [0.1, 0.15) is 6.04 Å². The summed E-state index contributed by atoms with van der Waals surface area (Å²) < 4.78 is 37.0. The van der Waals surface area contributed by atoms with Gasteiger partial charge in [0, 0.05) is 24.3 Å². The number of ether oxygens (including phenoxy) is 2. The van der Waals surface area contributed by atoms with Crippen molar-refractivity contribution in [1.29, 1.82) is 0 Å². The number of nitrogens with zero attached hydrogens (tertiary/aromatic N) is 1. The maximum Gasteiger partial charge on any atom is 0.246 e. The second-order valence-electron chi connectivity index (χ2n) is 7.52. The Labute approximate surface area is 202 Å². The summed E-state index contributed by atoms with van der Waals surface area (Å²) in [4.78, 5) is 25.3. The van der Waals surface area contributed by atoms with Crippen molar-refractivity contribution in [3.05, 3.63) is 45.9 Å². The van der Waals surface area contributed by atoms with Gasteiger partial charge in [0.15, 0.2) is 11.5 Å². The van der Waals surface area contributed by atoms with Crippen LogP contribution in [0.5, 0.6) is 11.5 Å². The average molecular weight is 542 g/mol. The number of hydrogen-bond acceptors (Lipinski definition) is 6. The number of anilines is 1. The molecule has 2 aromatic carbocycles. The minimum atomic E-state index is -3.65. The summed E-state index contributed by atoms with van der Waals surface area (Å²) in [6.45, 7) is 3.30. The van der Waals surface area contributed by atoms with Crippen LogP contribution < -0.4 is 20.1 Å². The summed E-state index contributed by atoms with van der Waals surface area (Å²) in [5.74, 6) is 0.163. The zero-order valence-corrected chi connectivity index (χ0v) is 21.8.